The first-order valence-electron chi connectivity index (χ1n) is 11.0. The van der Waals surface area contributed by atoms with E-state index in [9.17, 15) is 19.5 Å². The number of fused-ring (bicyclic) bond motifs is 4. The number of aromatic amines is 1. The second kappa shape index (κ2) is 7.88. The van der Waals surface area contributed by atoms with Crippen LogP contribution in [0.15, 0.2) is 64.1 Å². The van der Waals surface area contributed by atoms with E-state index < -0.39 is 23.2 Å². The number of nitrogens with one attached hydrogen (secondary N) is 1. The van der Waals surface area contributed by atoms with E-state index in [0.717, 1.165) is 6.07 Å². The van der Waals surface area contributed by atoms with E-state index in [0.29, 0.717) is 11.1 Å². The van der Waals surface area contributed by atoms with Gasteiger partial charge in [-0.1, -0.05) is 12.1 Å². The van der Waals surface area contributed by atoms with Crippen LogP contribution in [0.1, 0.15) is 27.2 Å². The topological polar surface area (TPSA) is 105 Å². The molecule has 3 aromatic heterocycles. The fourth-order valence-electron chi connectivity index (χ4n) is 4.89. The molecule has 2 aromatic carbocycles. The third-order valence-electron chi connectivity index (χ3n) is 6.46. The Morgan fingerprint density at radius 2 is 1.94 bits per heavy atom. The van der Waals surface area contributed by atoms with Crippen molar-refractivity contribution in [3.63, 3.8) is 0 Å². The number of benzene rings is 2. The van der Waals surface area contributed by atoms with Gasteiger partial charge in [-0.2, -0.15) is 0 Å². The zero-order valence-corrected chi connectivity index (χ0v) is 18.5. The molecule has 0 amide bonds. The number of pyridine rings is 1. The third kappa shape index (κ3) is 3.20. The highest BCUT2D eigenvalue weighted by molar-refractivity contribution is 6.17. The van der Waals surface area contributed by atoms with Gasteiger partial charge in [0, 0.05) is 23.7 Å². The van der Waals surface area contributed by atoms with Gasteiger partial charge in [-0.25, -0.2) is 13.6 Å². The van der Waals surface area contributed by atoms with Gasteiger partial charge in [-0.15, -0.1) is 0 Å². The van der Waals surface area contributed by atoms with E-state index in [1.54, 1.807) is 6.07 Å². The molecule has 0 aliphatic heterocycles. The van der Waals surface area contributed by atoms with E-state index in [2.05, 4.69) is 4.98 Å². The number of hydrogen-bond donors (Lipinski definition) is 2. The summed E-state index contributed by atoms with van der Waals surface area (Å²) in [6.07, 6.45) is 5.68. The predicted octanol–water partition coefficient (Wildman–Crippen LogP) is 4.91. The number of furan rings is 1. The van der Waals surface area contributed by atoms with Crippen LogP contribution in [0.25, 0.3) is 39.1 Å². The number of carbonyl (C=O) groups is 2. The zero-order valence-electron chi connectivity index (χ0n) is 18.5. The second-order valence-corrected chi connectivity index (χ2v) is 8.56. The number of hydrogen-bond acceptors (Lipinski definition) is 4. The number of aromatic carboxylic acids is 1. The number of ketones is 1. The summed E-state index contributed by atoms with van der Waals surface area (Å²) in [5, 5.41) is 10.6. The number of allylic oxidation sites excluding steroid dienone is 1. The van der Waals surface area contributed by atoms with E-state index in [1.807, 2.05) is 0 Å². The van der Waals surface area contributed by atoms with Gasteiger partial charge in [-0.05, 0) is 47.5 Å². The van der Waals surface area contributed by atoms with E-state index in [4.69, 9.17) is 4.42 Å². The Kier molecular flexibility index (Phi) is 4.75. The molecule has 5 aromatic rings. The van der Waals surface area contributed by atoms with E-state index >= 15 is 8.78 Å². The van der Waals surface area contributed by atoms with Crippen molar-refractivity contribution in [1.82, 2.24) is 9.55 Å². The highest BCUT2D eigenvalue weighted by atomic mass is 19.1. The fraction of sp³-hybridized carbons (Fsp3) is 0.0741. The molecular formula is C27H16F2N2O5. The van der Waals surface area contributed by atoms with Crippen molar-refractivity contribution in [1.29, 1.82) is 0 Å². The van der Waals surface area contributed by atoms with E-state index in [-0.39, 0.29) is 63.0 Å². The Balaban J connectivity index is 1.69. The molecule has 0 fully saturated rings. The molecule has 0 saturated heterocycles. The molecule has 1 aliphatic carbocycles. The molecule has 1 aliphatic rings. The molecule has 7 nitrogen and oxygen atoms in total. The number of aromatic nitrogens is 2. The van der Waals surface area contributed by atoms with Crippen LogP contribution >= 0.6 is 0 Å². The first kappa shape index (κ1) is 21.7. The first-order chi connectivity index (χ1) is 17.3. The molecule has 0 unspecified atom stereocenters. The quantitative estimate of drug-likeness (QED) is 0.376. The Bertz CT molecular complexity index is 1840. The summed E-state index contributed by atoms with van der Waals surface area (Å²) in [7, 11) is 0. The van der Waals surface area contributed by atoms with Gasteiger partial charge >= 0.3 is 5.97 Å². The largest absolute Gasteiger partial charge is 0.477 e. The van der Waals surface area contributed by atoms with Crippen LogP contribution in [0.2, 0.25) is 0 Å². The third-order valence-corrected chi connectivity index (χ3v) is 6.46. The van der Waals surface area contributed by atoms with Crippen molar-refractivity contribution >= 4 is 39.7 Å². The van der Waals surface area contributed by atoms with Crippen LogP contribution in [0.5, 0.6) is 0 Å². The highest BCUT2D eigenvalue weighted by Gasteiger charge is 2.29. The maximum Gasteiger partial charge on any atom is 0.353 e. The number of halogens is 2. The van der Waals surface area contributed by atoms with Gasteiger partial charge in [-0.3, -0.25) is 9.59 Å². The standard InChI is InChI=1S/C27H16F2N2O5/c28-19-10-13-3-4-16(32)9-14(13)8-15(19)12-31-21-11-20(29)17-5-7-36-25(17)23(21)22(24(31)27(34)35)18-2-1-6-30-26(18)33/h1-8,10-11H,9,12H2,(H,30,33)(H,34,35). The van der Waals surface area contributed by atoms with Crippen molar-refractivity contribution in [2.75, 3.05) is 0 Å². The Morgan fingerprint density at radius 1 is 1.11 bits per heavy atom. The van der Waals surface area contributed by atoms with Gasteiger partial charge < -0.3 is 19.1 Å². The monoisotopic (exact) mass is 486 g/mol. The maximum absolute atomic E-state index is 15.1. The molecule has 36 heavy (non-hydrogen) atoms. The van der Waals surface area contributed by atoms with Crippen molar-refractivity contribution < 1.29 is 27.9 Å². The average Bonchev–Trinajstić information content (AvgIpc) is 3.44. The number of rotatable bonds is 4. The number of H-pyrrole nitrogens is 1. The molecular weight excluding hydrogens is 470 g/mol. The molecule has 3 heterocycles. The minimum atomic E-state index is -1.39. The Labute approximate surface area is 200 Å². The van der Waals surface area contributed by atoms with Crippen molar-refractivity contribution in [2.24, 2.45) is 0 Å². The zero-order chi connectivity index (χ0) is 25.1. The van der Waals surface area contributed by atoms with Crippen molar-refractivity contribution in [3.05, 3.63) is 99.3 Å². The molecule has 0 spiro atoms. The fourth-order valence-corrected chi connectivity index (χ4v) is 4.89. The molecule has 0 bridgehead atoms. The summed E-state index contributed by atoms with van der Waals surface area (Å²) in [6.45, 7) is -0.286. The summed E-state index contributed by atoms with van der Waals surface area (Å²) in [4.78, 5) is 39.7. The van der Waals surface area contributed by atoms with Crippen molar-refractivity contribution in [2.45, 2.75) is 13.0 Å². The molecule has 9 heteroatoms. The van der Waals surface area contributed by atoms with Gasteiger partial charge in [0.2, 0.25) is 0 Å². The van der Waals surface area contributed by atoms with Gasteiger partial charge in [0.05, 0.1) is 34.7 Å². The smallest absolute Gasteiger partial charge is 0.353 e. The summed E-state index contributed by atoms with van der Waals surface area (Å²) < 4.78 is 37.0. The Hall–Kier alpha value is -4.79. The van der Waals surface area contributed by atoms with Gasteiger partial charge in [0.15, 0.2) is 5.78 Å². The number of carboxylic acids is 1. The van der Waals surface area contributed by atoms with Crippen LogP contribution in [-0.4, -0.2) is 26.4 Å². The molecule has 0 saturated carbocycles. The first-order valence-corrected chi connectivity index (χ1v) is 11.0. The van der Waals surface area contributed by atoms with Crippen LogP contribution < -0.4 is 5.56 Å². The minimum absolute atomic E-state index is 0.0378. The second-order valence-electron chi connectivity index (χ2n) is 8.56. The minimum Gasteiger partial charge on any atom is -0.477 e. The normalized spacial score (nSPS) is 13.0. The lowest BCUT2D eigenvalue weighted by Gasteiger charge is -2.15. The highest BCUT2D eigenvalue weighted by Crippen LogP contribution is 2.40. The molecule has 6 rings (SSSR count). The molecule has 0 radical (unpaired) electrons. The lowest BCUT2D eigenvalue weighted by atomic mass is 9.94. The van der Waals surface area contributed by atoms with Crippen LogP contribution in [-0.2, 0) is 17.8 Å². The number of nitrogens with zero attached hydrogens (tertiary/aromatic N) is 1. The van der Waals surface area contributed by atoms with Gasteiger partial charge in [0.1, 0.15) is 22.9 Å². The summed E-state index contributed by atoms with van der Waals surface area (Å²) in [5.41, 5.74) is 0.694. The average molecular weight is 486 g/mol. The molecule has 2 N–H and O–H groups in total. The number of carboxylic acid groups (broad SMARTS) is 1. The van der Waals surface area contributed by atoms with Crippen LogP contribution in [0, 0.1) is 11.6 Å². The SMILES string of the molecule is O=C1C=Cc2cc(F)c(Cn3c(C(=O)O)c(-c4ccc[nH]c4=O)c4c5occc5c(F)cc43)cc2C1. The maximum atomic E-state index is 15.1. The molecule has 0 atom stereocenters. The van der Waals surface area contributed by atoms with E-state index in [1.165, 1.54) is 53.4 Å². The van der Waals surface area contributed by atoms with Crippen LogP contribution in [0.3, 0.4) is 0 Å². The Morgan fingerprint density at radius 3 is 2.72 bits per heavy atom. The lowest BCUT2D eigenvalue weighted by molar-refractivity contribution is -0.114. The number of carbonyl (C=O) groups excluding carboxylic acids is 1. The van der Waals surface area contributed by atoms with Crippen LogP contribution in [0.4, 0.5) is 8.78 Å². The summed E-state index contributed by atoms with van der Waals surface area (Å²) >= 11 is 0. The van der Waals surface area contributed by atoms with Crippen molar-refractivity contribution in [3.8, 4) is 11.1 Å². The summed E-state index contributed by atoms with van der Waals surface area (Å²) in [5.74, 6) is -2.78. The molecule has 178 valence electrons. The van der Waals surface area contributed by atoms with Gasteiger partial charge in [0.25, 0.3) is 5.56 Å². The lowest BCUT2D eigenvalue weighted by Crippen LogP contribution is -2.15. The predicted molar refractivity (Wildman–Crippen MR) is 128 cm³/mol. The summed E-state index contributed by atoms with van der Waals surface area (Å²) in [6, 6.07) is 8.37.